The number of rotatable bonds is 3. The number of benzene rings is 1. The summed E-state index contributed by atoms with van der Waals surface area (Å²) in [4.78, 5) is 24.9. The van der Waals surface area contributed by atoms with Crippen LogP contribution in [-0.4, -0.2) is 45.9 Å². The largest absolute Gasteiger partial charge is 0.328 e. The molecule has 6 nitrogen and oxygen atoms in total. The van der Waals surface area contributed by atoms with Crippen LogP contribution in [0.2, 0.25) is 0 Å². The van der Waals surface area contributed by atoms with Crippen molar-refractivity contribution in [3.63, 3.8) is 0 Å². The van der Waals surface area contributed by atoms with Gasteiger partial charge in [-0.05, 0) is 31.5 Å². The lowest BCUT2D eigenvalue weighted by molar-refractivity contribution is 0.159. The molecule has 0 saturated carbocycles. The maximum atomic E-state index is 12.3. The van der Waals surface area contributed by atoms with Crippen molar-refractivity contribution in [3.05, 3.63) is 47.3 Å². The van der Waals surface area contributed by atoms with Gasteiger partial charge in [-0.3, -0.25) is 0 Å². The maximum absolute atomic E-state index is 12.3. The van der Waals surface area contributed by atoms with E-state index in [4.69, 9.17) is 0 Å². The van der Waals surface area contributed by atoms with Crippen molar-refractivity contribution in [2.75, 3.05) is 25.5 Å². The summed E-state index contributed by atoms with van der Waals surface area (Å²) < 4.78 is 0. The lowest BCUT2D eigenvalue weighted by atomic mass is 10.1. The summed E-state index contributed by atoms with van der Waals surface area (Å²) in [5.74, 6) is 0.602. The highest BCUT2D eigenvalue weighted by Gasteiger charge is 2.24. The summed E-state index contributed by atoms with van der Waals surface area (Å²) in [5.41, 5.74) is 4.21. The average Bonchev–Trinajstić information content (AvgIpc) is 2.60. The van der Waals surface area contributed by atoms with E-state index in [1.807, 2.05) is 37.2 Å². The van der Waals surface area contributed by atoms with E-state index in [0.717, 1.165) is 23.4 Å². The molecule has 0 fully saturated rings. The van der Waals surface area contributed by atoms with E-state index in [9.17, 15) is 4.79 Å². The minimum Gasteiger partial charge on any atom is -0.328 e. The molecule has 1 N–H and O–H groups in total. The minimum absolute atomic E-state index is 0.0603. The molecule has 1 aromatic carbocycles. The van der Waals surface area contributed by atoms with Crippen molar-refractivity contribution in [2.24, 2.45) is 0 Å². The van der Waals surface area contributed by atoms with E-state index >= 15 is 0 Å². The minimum atomic E-state index is 0.0603. The van der Waals surface area contributed by atoms with Gasteiger partial charge in [0.2, 0.25) is 5.95 Å². The van der Waals surface area contributed by atoms with Gasteiger partial charge in [-0.25, -0.2) is 14.8 Å². The van der Waals surface area contributed by atoms with Crippen LogP contribution in [0.15, 0.2) is 30.5 Å². The summed E-state index contributed by atoms with van der Waals surface area (Å²) >= 11 is 0. The number of carbonyl (C=O) groups excluding carboxylic acids is 1. The topological polar surface area (TPSA) is 61.4 Å². The van der Waals surface area contributed by atoms with E-state index in [1.165, 1.54) is 5.56 Å². The first-order chi connectivity index (χ1) is 11.6. The first kappa shape index (κ1) is 16.2. The molecule has 0 spiro atoms. The van der Waals surface area contributed by atoms with Crippen molar-refractivity contribution in [1.82, 2.24) is 19.8 Å². The fourth-order valence-electron chi connectivity index (χ4n) is 2.77. The van der Waals surface area contributed by atoms with E-state index in [0.29, 0.717) is 25.6 Å². The molecule has 1 aromatic heterocycles. The zero-order valence-corrected chi connectivity index (χ0v) is 14.4. The Morgan fingerprint density at radius 2 is 2.25 bits per heavy atom. The quantitative estimate of drug-likeness (QED) is 0.942. The number of fused-ring (bicyclic) bond motifs is 1. The number of aromatic nitrogens is 2. The van der Waals surface area contributed by atoms with E-state index in [-0.39, 0.29) is 6.03 Å². The van der Waals surface area contributed by atoms with Crippen LogP contribution < -0.4 is 5.32 Å². The standard InChI is InChI=1S/C18H23N5O/c1-4-22(3)18(24)23-9-8-16-14(12-23)11-19-17(21-16)20-15-7-5-6-13(2)10-15/h5-7,10-11H,4,8-9,12H2,1-3H3,(H,19,20,21). The predicted molar refractivity (Wildman–Crippen MR) is 94.3 cm³/mol. The smallest absolute Gasteiger partial charge is 0.320 e. The van der Waals surface area contributed by atoms with Crippen LogP contribution >= 0.6 is 0 Å². The van der Waals surface area contributed by atoms with Crippen molar-refractivity contribution in [2.45, 2.75) is 26.8 Å². The van der Waals surface area contributed by atoms with Crippen LogP contribution in [0.5, 0.6) is 0 Å². The molecular weight excluding hydrogens is 302 g/mol. The highest BCUT2D eigenvalue weighted by molar-refractivity contribution is 5.74. The average molecular weight is 325 g/mol. The Balaban J connectivity index is 1.73. The fourth-order valence-corrected chi connectivity index (χ4v) is 2.77. The van der Waals surface area contributed by atoms with Gasteiger partial charge >= 0.3 is 6.03 Å². The molecule has 2 heterocycles. The van der Waals surface area contributed by atoms with Crippen LogP contribution in [0.1, 0.15) is 23.7 Å². The Bertz CT molecular complexity index is 746. The van der Waals surface area contributed by atoms with Crippen molar-refractivity contribution >= 4 is 17.7 Å². The van der Waals surface area contributed by atoms with Gasteiger partial charge in [0.05, 0.1) is 12.2 Å². The number of aryl methyl sites for hydroxylation is 1. The van der Waals surface area contributed by atoms with Gasteiger partial charge in [-0.15, -0.1) is 0 Å². The second-order valence-electron chi connectivity index (χ2n) is 6.13. The van der Waals surface area contributed by atoms with Gasteiger partial charge in [0.25, 0.3) is 0 Å². The number of urea groups is 1. The third-order valence-corrected chi connectivity index (χ3v) is 4.28. The summed E-state index contributed by atoms with van der Waals surface area (Å²) in [5, 5.41) is 3.25. The fraction of sp³-hybridized carbons (Fsp3) is 0.389. The summed E-state index contributed by atoms with van der Waals surface area (Å²) in [7, 11) is 1.82. The highest BCUT2D eigenvalue weighted by Crippen LogP contribution is 2.20. The number of hydrogen-bond acceptors (Lipinski definition) is 4. The second-order valence-corrected chi connectivity index (χ2v) is 6.13. The van der Waals surface area contributed by atoms with Crippen LogP contribution in [0.25, 0.3) is 0 Å². The van der Waals surface area contributed by atoms with Gasteiger partial charge in [-0.2, -0.15) is 0 Å². The second kappa shape index (κ2) is 6.86. The Kier molecular flexibility index (Phi) is 4.64. The van der Waals surface area contributed by atoms with Crippen molar-refractivity contribution in [1.29, 1.82) is 0 Å². The van der Waals surface area contributed by atoms with Crippen LogP contribution in [0.3, 0.4) is 0 Å². The maximum Gasteiger partial charge on any atom is 0.320 e. The van der Waals surface area contributed by atoms with Gasteiger partial charge in [-0.1, -0.05) is 12.1 Å². The van der Waals surface area contributed by atoms with Gasteiger partial charge in [0, 0.05) is 44.0 Å². The summed E-state index contributed by atoms with van der Waals surface area (Å²) in [6.45, 7) is 6.00. The number of hydrogen-bond donors (Lipinski definition) is 1. The lowest BCUT2D eigenvalue weighted by Crippen LogP contribution is -2.43. The summed E-state index contributed by atoms with van der Waals surface area (Å²) in [6.07, 6.45) is 2.58. The highest BCUT2D eigenvalue weighted by atomic mass is 16.2. The zero-order valence-electron chi connectivity index (χ0n) is 14.4. The molecule has 1 aliphatic heterocycles. The third-order valence-electron chi connectivity index (χ3n) is 4.28. The predicted octanol–water partition coefficient (Wildman–Crippen LogP) is 2.96. The van der Waals surface area contributed by atoms with Gasteiger partial charge < -0.3 is 15.1 Å². The number of nitrogens with zero attached hydrogens (tertiary/aromatic N) is 4. The van der Waals surface area contributed by atoms with Crippen molar-refractivity contribution in [3.8, 4) is 0 Å². The summed E-state index contributed by atoms with van der Waals surface area (Å²) in [6, 6.07) is 8.17. The Hall–Kier alpha value is -2.63. The van der Waals surface area contributed by atoms with Crippen LogP contribution in [0, 0.1) is 6.92 Å². The lowest BCUT2D eigenvalue weighted by Gasteiger charge is -2.31. The SMILES string of the molecule is CCN(C)C(=O)N1CCc2nc(Nc3cccc(C)c3)ncc2C1. The molecular formula is C18H23N5O. The monoisotopic (exact) mass is 325 g/mol. The molecule has 0 atom stereocenters. The molecule has 2 aromatic rings. The molecule has 0 bridgehead atoms. The first-order valence-electron chi connectivity index (χ1n) is 8.25. The molecule has 24 heavy (non-hydrogen) atoms. The number of nitrogens with one attached hydrogen (secondary N) is 1. The Morgan fingerprint density at radius 3 is 3.00 bits per heavy atom. The molecule has 0 saturated heterocycles. The molecule has 3 rings (SSSR count). The third kappa shape index (κ3) is 3.48. The van der Waals surface area contributed by atoms with Gasteiger partial charge in [0.1, 0.15) is 0 Å². The number of carbonyl (C=O) groups is 1. The molecule has 1 aliphatic rings. The molecule has 6 heteroatoms. The van der Waals surface area contributed by atoms with E-state index in [2.05, 4.69) is 34.3 Å². The zero-order chi connectivity index (χ0) is 17.1. The van der Waals surface area contributed by atoms with Crippen LogP contribution in [-0.2, 0) is 13.0 Å². The normalized spacial score (nSPS) is 13.4. The van der Waals surface area contributed by atoms with Crippen molar-refractivity contribution < 1.29 is 4.79 Å². The van der Waals surface area contributed by atoms with E-state index in [1.54, 1.807) is 4.90 Å². The Labute approximate surface area is 142 Å². The molecule has 0 unspecified atom stereocenters. The molecule has 0 aliphatic carbocycles. The molecule has 126 valence electrons. The molecule has 2 amide bonds. The van der Waals surface area contributed by atoms with Crippen LogP contribution in [0.4, 0.5) is 16.4 Å². The van der Waals surface area contributed by atoms with E-state index < -0.39 is 0 Å². The van der Waals surface area contributed by atoms with Gasteiger partial charge in [0.15, 0.2) is 0 Å². The molecule has 0 radical (unpaired) electrons. The Morgan fingerprint density at radius 1 is 1.42 bits per heavy atom. The number of amides is 2. The number of anilines is 2. The first-order valence-corrected chi connectivity index (χ1v) is 8.25.